The molecule has 0 bridgehead atoms. The number of aliphatic hydroxyl groups excluding tert-OH is 2. The zero-order chi connectivity index (χ0) is 22.9. The number of aliphatic hydroxyl groups is 2. The third kappa shape index (κ3) is 7.71. The van der Waals surface area contributed by atoms with Crippen LogP contribution in [0.3, 0.4) is 0 Å². The maximum atomic E-state index is 12.0. The first kappa shape index (κ1) is 26.7. The van der Waals surface area contributed by atoms with Gasteiger partial charge in [-0.25, -0.2) is 4.57 Å². The van der Waals surface area contributed by atoms with E-state index in [4.69, 9.17) is 9.84 Å². The van der Waals surface area contributed by atoms with E-state index in [2.05, 4.69) is 24.6 Å². The molecule has 1 saturated heterocycles. The molecule has 0 saturated carbocycles. The van der Waals surface area contributed by atoms with Crippen LogP contribution in [0.5, 0.6) is 0 Å². The molecule has 0 aromatic carbocycles. The number of carbonyl (C=O) groups excluding carboxylic acids is 1. The molecule has 0 aliphatic carbocycles. The van der Waals surface area contributed by atoms with Gasteiger partial charge in [-0.05, 0) is 11.3 Å². The van der Waals surface area contributed by atoms with Crippen LogP contribution < -0.4 is 5.32 Å². The Hall–Kier alpha value is -1.37. The second kappa shape index (κ2) is 12.5. The number of nitrogens with one attached hydrogen (secondary N) is 1. The first-order valence-electron chi connectivity index (χ1n) is 8.39. The van der Waals surface area contributed by atoms with Crippen LogP contribution in [-0.2, 0) is 22.3 Å². The zero-order valence-electron chi connectivity index (χ0n) is 15.2. The van der Waals surface area contributed by atoms with Crippen molar-refractivity contribution in [2.75, 3.05) is 13.2 Å². The van der Waals surface area contributed by atoms with Crippen molar-refractivity contribution in [1.82, 2.24) is 9.88 Å². The number of hydrogen-bond acceptors (Lipinski definition) is 6. The number of nitro groups is 1. The molecule has 2 rings (SSSR count). The first-order valence-corrected chi connectivity index (χ1v) is 11.4. The van der Waals surface area contributed by atoms with Gasteiger partial charge in [0.05, 0.1) is 24.3 Å². The summed E-state index contributed by atoms with van der Waals surface area (Å²) in [7, 11) is 0. The Morgan fingerprint density at radius 2 is 2.17 bits per heavy atom. The van der Waals surface area contributed by atoms with E-state index in [-0.39, 0.29) is 37.2 Å². The van der Waals surface area contributed by atoms with Gasteiger partial charge in [0.15, 0.2) is 0 Å². The molecule has 14 heteroatoms. The number of hydrogen-bond donors (Lipinski definition) is 3. The van der Waals surface area contributed by atoms with Gasteiger partial charge in [0.1, 0.15) is 12.3 Å². The number of aromatic nitrogens is 1. The number of unbranched alkanes of at least 4 members (excludes halogenated alkanes) is 1. The van der Waals surface area contributed by atoms with Gasteiger partial charge < -0.3 is 30.4 Å². The molecule has 1 fully saturated rings. The quantitative estimate of drug-likeness (QED) is 0.115. The molecule has 3 atom stereocenters. The summed E-state index contributed by atoms with van der Waals surface area (Å²) in [6.45, 7) is -0.630. The van der Waals surface area contributed by atoms with Gasteiger partial charge in [0, 0.05) is 19.4 Å². The number of alkyl halides is 3. The SMILES string of the molecule is O=C(NCCCC#Cc1cc([N+](=O)[O-])n(C2C[C@H](O)[C@@H](CO)O2)c1)C(F)(F)F.[Cu][I]. The predicted octanol–water partition coefficient (Wildman–Crippen LogP) is 1.73. The van der Waals surface area contributed by atoms with Gasteiger partial charge in [-0.2, -0.15) is 13.2 Å². The molecule has 30 heavy (non-hydrogen) atoms. The van der Waals surface area contributed by atoms with E-state index < -0.39 is 42.0 Å². The molecule has 2 heterocycles. The molecule has 9 nitrogen and oxygen atoms in total. The van der Waals surface area contributed by atoms with Crippen molar-refractivity contribution in [3.05, 3.63) is 27.9 Å². The molecular weight excluding hydrogens is 578 g/mol. The van der Waals surface area contributed by atoms with E-state index in [9.17, 15) is 33.2 Å². The Bertz CT molecular complexity index is 795. The van der Waals surface area contributed by atoms with E-state index in [1.54, 1.807) is 25.7 Å². The third-order valence-corrected chi connectivity index (χ3v) is 3.96. The van der Waals surface area contributed by atoms with Crippen LogP contribution in [0.4, 0.5) is 19.0 Å². The summed E-state index contributed by atoms with van der Waals surface area (Å²) in [5.74, 6) is 3.00. The summed E-state index contributed by atoms with van der Waals surface area (Å²) >= 11 is 5.87. The zero-order valence-corrected chi connectivity index (χ0v) is 18.3. The fraction of sp³-hybridized carbons (Fsp3) is 0.562. The summed E-state index contributed by atoms with van der Waals surface area (Å²) in [5.41, 5.74) is 0.288. The van der Waals surface area contributed by atoms with Gasteiger partial charge in [0.2, 0.25) is 6.23 Å². The van der Waals surface area contributed by atoms with E-state index in [0.29, 0.717) is 0 Å². The number of nitrogens with zero attached hydrogens (tertiary/aromatic N) is 2. The van der Waals surface area contributed by atoms with Gasteiger partial charge in [-0.1, -0.05) is 11.8 Å². The Balaban J connectivity index is 0.00000218. The average Bonchev–Trinajstić information content (AvgIpc) is 3.28. The van der Waals surface area contributed by atoms with Crippen LogP contribution in [0.15, 0.2) is 12.3 Å². The van der Waals surface area contributed by atoms with Gasteiger partial charge in [0.25, 0.3) is 0 Å². The minimum atomic E-state index is -4.93. The van der Waals surface area contributed by atoms with Crippen LogP contribution in [0, 0.1) is 22.0 Å². The molecule has 3 N–H and O–H groups in total. The van der Waals surface area contributed by atoms with Crippen LogP contribution in [0.25, 0.3) is 0 Å². The number of ether oxygens (including phenoxy) is 1. The topological polar surface area (TPSA) is 127 Å². The first-order chi connectivity index (χ1) is 14.1. The fourth-order valence-electron chi connectivity index (χ4n) is 2.61. The Morgan fingerprint density at radius 3 is 2.70 bits per heavy atom. The third-order valence-electron chi connectivity index (χ3n) is 3.96. The van der Waals surface area contributed by atoms with E-state index >= 15 is 0 Å². The maximum absolute atomic E-state index is 12.0. The second-order valence-corrected chi connectivity index (χ2v) is 6.03. The summed E-state index contributed by atoms with van der Waals surface area (Å²) in [6, 6.07) is 1.21. The van der Waals surface area contributed by atoms with E-state index in [1.807, 2.05) is 0 Å². The molecule has 0 spiro atoms. The molecule has 172 valence electrons. The Kier molecular flexibility index (Phi) is 11.1. The Morgan fingerprint density at radius 1 is 1.50 bits per heavy atom. The summed E-state index contributed by atoms with van der Waals surface area (Å²) in [5, 5.41) is 31.8. The Labute approximate surface area is 189 Å². The van der Waals surface area contributed by atoms with Gasteiger partial charge in [-0.15, -0.1) is 0 Å². The van der Waals surface area contributed by atoms with E-state index in [1.165, 1.54) is 16.8 Å². The number of rotatable bonds is 6. The van der Waals surface area contributed by atoms with Crippen LogP contribution in [0.2, 0.25) is 0 Å². The second-order valence-electron chi connectivity index (χ2n) is 6.03. The fourth-order valence-corrected chi connectivity index (χ4v) is 2.61. The number of amides is 1. The normalized spacial score (nSPS) is 20.6. The molecule has 1 amide bonds. The standard InChI is InChI=1S/C16H18F3N3O6.Cu.HI/c17-16(18,19)15(25)20-5-3-1-2-4-10-6-13(22(26)27)21(8-10)14-7-11(24)12(9-23)28-14;;/h6,8,11-12,14,23-24H,1,3,5,7,9H2,(H,20,25);;1H/q;+1;/p-1/t11-,12+,14?;;/m0../s1. The molecular formula is C16H18CuF3IN3O6. The minimum absolute atomic E-state index is 0.0620. The van der Waals surface area contributed by atoms with Crippen LogP contribution >= 0.6 is 20.3 Å². The molecule has 1 aromatic heterocycles. The van der Waals surface area contributed by atoms with Crippen molar-refractivity contribution in [1.29, 1.82) is 0 Å². The molecule has 1 unspecified atom stereocenters. The number of carbonyl (C=O) groups is 1. The average molecular weight is 596 g/mol. The number of halogens is 4. The van der Waals surface area contributed by atoms with Crippen LogP contribution in [-0.4, -0.2) is 57.1 Å². The molecule has 1 aromatic rings. The molecule has 1 aliphatic rings. The summed E-state index contributed by atoms with van der Waals surface area (Å²) in [6.07, 6.45) is -5.79. The molecule has 0 radical (unpaired) electrons. The van der Waals surface area contributed by atoms with Gasteiger partial charge in [-0.3, -0.25) is 4.79 Å². The molecule has 1 aliphatic heterocycles. The van der Waals surface area contributed by atoms with Crippen molar-refractivity contribution >= 4 is 32.1 Å². The van der Waals surface area contributed by atoms with Crippen LogP contribution in [0.1, 0.15) is 31.1 Å². The van der Waals surface area contributed by atoms with Crippen molar-refractivity contribution in [2.45, 2.75) is 43.9 Å². The van der Waals surface area contributed by atoms with Crippen molar-refractivity contribution in [2.24, 2.45) is 0 Å². The summed E-state index contributed by atoms with van der Waals surface area (Å²) < 4.78 is 42.6. The monoisotopic (exact) mass is 595 g/mol. The van der Waals surface area contributed by atoms with E-state index in [0.717, 1.165) is 0 Å². The van der Waals surface area contributed by atoms with Crippen molar-refractivity contribution < 1.29 is 50.6 Å². The van der Waals surface area contributed by atoms with Crippen molar-refractivity contribution in [3.63, 3.8) is 0 Å². The predicted molar refractivity (Wildman–Crippen MR) is 102 cm³/mol. The van der Waals surface area contributed by atoms with Gasteiger partial charge >= 0.3 is 51.0 Å². The summed E-state index contributed by atoms with van der Waals surface area (Å²) in [4.78, 5) is 21.2. The van der Waals surface area contributed by atoms with Crippen molar-refractivity contribution in [3.8, 4) is 11.8 Å².